The molecule has 5 nitrogen and oxygen atoms in total. The van der Waals surface area contributed by atoms with E-state index < -0.39 is 0 Å². The van der Waals surface area contributed by atoms with E-state index in [2.05, 4.69) is 10.6 Å². The van der Waals surface area contributed by atoms with Crippen molar-refractivity contribution in [3.05, 3.63) is 52.9 Å². The monoisotopic (exact) mass is 246 g/mol. The number of nitrogens with one attached hydrogen (secondary N) is 1. The van der Waals surface area contributed by atoms with Crippen LogP contribution < -0.4 is 5.48 Å². The Morgan fingerprint density at radius 2 is 2.06 bits per heavy atom. The van der Waals surface area contributed by atoms with E-state index >= 15 is 0 Å². The summed E-state index contributed by atoms with van der Waals surface area (Å²) in [5, 5.41) is 3.71. The molecular formula is C13H14N2O3. The molecule has 0 atom stereocenters. The van der Waals surface area contributed by atoms with E-state index in [1.54, 1.807) is 13.8 Å². The number of hydrogen-bond acceptors (Lipinski definition) is 4. The Labute approximate surface area is 105 Å². The van der Waals surface area contributed by atoms with Gasteiger partial charge in [0.1, 0.15) is 11.3 Å². The van der Waals surface area contributed by atoms with Crippen molar-refractivity contribution in [2.75, 3.05) is 0 Å². The Bertz CT molecular complexity index is 515. The first-order valence-electron chi connectivity index (χ1n) is 5.57. The van der Waals surface area contributed by atoms with Crippen molar-refractivity contribution in [2.45, 2.75) is 20.5 Å². The van der Waals surface area contributed by atoms with Crippen LogP contribution >= 0.6 is 0 Å². The van der Waals surface area contributed by atoms with E-state index in [9.17, 15) is 4.79 Å². The van der Waals surface area contributed by atoms with Gasteiger partial charge in [0.2, 0.25) is 0 Å². The molecule has 0 aliphatic carbocycles. The van der Waals surface area contributed by atoms with E-state index in [4.69, 9.17) is 9.36 Å². The first-order valence-corrected chi connectivity index (χ1v) is 5.57. The molecule has 1 heterocycles. The Hall–Kier alpha value is -2.14. The molecule has 5 heteroatoms. The minimum absolute atomic E-state index is 0.315. The molecule has 1 amide bonds. The maximum atomic E-state index is 11.8. The quantitative estimate of drug-likeness (QED) is 0.839. The number of hydrogen-bond donors (Lipinski definition) is 1. The summed E-state index contributed by atoms with van der Waals surface area (Å²) in [4.78, 5) is 16.9. The number of benzene rings is 1. The lowest BCUT2D eigenvalue weighted by Gasteiger charge is -2.05. The minimum atomic E-state index is -0.345. The summed E-state index contributed by atoms with van der Waals surface area (Å²) in [5.41, 5.74) is 4.33. The van der Waals surface area contributed by atoms with Crippen LogP contribution in [0.2, 0.25) is 0 Å². The number of carbonyl (C=O) groups excluding carboxylic acids is 1. The molecule has 0 spiro atoms. The Morgan fingerprint density at radius 3 is 2.67 bits per heavy atom. The van der Waals surface area contributed by atoms with Crippen LogP contribution in [0.1, 0.15) is 27.4 Å². The lowest BCUT2D eigenvalue weighted by atomic mass is 10.2. The van der Waals surface area contributed by atoms with Crippen molar-refractivity contribution in [1.29, 1.82) is 0 Å². The number of hydroxylamine groups is 1. The van der Waals surface area contributed by atoms with E-state index in [-0.39, 0.29) is 5.91 Å². The maximum Gasteiger partial charge on any atom is 0.280 e. The largest absolute Gasteiger partial charge is 0.361 e. The van der Waals surface area contributed by atoms with E-state index in [0.717, 1.165) is 5.56 Å². The summed E-state index contributed by atoms with van der Waals surface area (Å²) >= 11 is 0. The second kappa shape index (κ2) is 5.46. The number of aryl methyl sites for hydroxylation is 2. The highest BCUT2D eigenvalue weighted by molar-refractivity contribution is 5.95. The van der Waals surface area contributed by atoms with Crippen molar-refractivity contribution >= 4 is 5.91 Å². The lowest BCUT2D eigenvalue weighted by Crippen LogP contribution is -2.24. The zero-order valence-electron chi connectivity index (χ0n) is 10.3. The Kier molecular flexibility index (Phi) is 3.74. The third kappa shape index (κ3) is 2.75. The van der Waals surface area contributed by atoms with Crippen molar-refractivity contribution in [2.24, 2.45) is 0 Å². The third-order valence-corrected chi connectivity index (χ3v) is 2.51. The van der Waals surface area contributed by atoms with Gasteiger partial charge in [-0.25, -0.2) is 5.48 Å². The molecule has 0 fully saturated rings. The van der Waals surface area contributed by atoms with E-state index in [1.807, 2.05) is 30.3 Å². The van der Waals surface area contributed by atoms with E-state index in [0.29, 0.717) is 23.6 Å². The fourth-order valence-electron chi connectivity index (χ4n) is 1.62. The topological polar surface area (TPSA) is 64.4 Å². The highest BCUT2D eigenvalue weighted by Gasteiger charge is 2.17. The molecule has 1 aromatic heterocycles. The number of aromatic nitrogens is 1. The zero-order chi connectivity index (χ0) is 13.0. The van der Waals surface area contributed by atoms with Gasteiger partial charge in [-0.15, -0.1) is 0 Å². The van der Waals surface area contributed by atoms with Gasteiger partial charge >= 0.3 is 0 Å². The summed E-state index contributed by atoms with van der Waals surface area (Å²) in [7, 11) is 0. The van der Waals surface area contributed by atoms with E-state index in [1.165, 1.54) is 0 Å². The van der Waals surface area contributed by atoms with Gasteiger partial charge in [0.25, 0.3) is 5.91 Å². The minimum Gasteiger partial charge on any atom is -0.361 e. The number of amides is 1. The molecule has 0 aliphatic heterocycles. The number of rotatable bonds is 4. The molecule has 0 saturated heterocycles. The second-order valence-corrected chi connectivity index (χ2v) is 3.90. The molecule has 2 aromatic rings. The second-order valence-electron chi connectivity index (χ2n) is 3.90. The van der Waals surface area contributed by atoms with Crippen molar-refractivity contribution < 1.29 is 14.2 Å². The molecule has 1 aromatic carbocycles. The van der Waals surface area contributed by atoms with Crippen LogP contribution in [-0.2, 0) is 11.4 Å². The highest BCUT2D eigenvalue weighted by Crippen LogP contribution is 2.11. The smallest absolute Gasteiger partial charge is 0.280 e. The molecule has 94 valence electrons. The Balaban J connectivity index is 1.90. The van der Waals surface area contributed by atoms with Crippen LogP contribution in [0.4, 0.5) is 0 Å². The normalized spacial score (nSPS) is 10.3. The highest BCUT2D eigenvalue weighted by atomic mass is 16.6. The van der Waals surface area contributed by atoms with Gasteiger partial charge in [0, 0.05) is 0 Å². The standard InChI is InChI=1S/C13H14N2O3/c1-9-12(10(2)18-14-9)13(16)15-17-8-11-6-4-3-5-7-11/h3-7H,8H2,1-2H3,(H,15,16). The zero-order valence-corrected chi connectivity index (χ0v) is 10.3. The number of carbonyl (C=O) groups is 1. The average molecular weight is 246 g/mol. The lowest BCUT2D eigenvalue weighted by molar-refractivity contribution is 0.0232. The molecule has 0 radical (unpaired) electrons. The van der Waals surface area contributed by atoms with Crippen molar-refractivity contribution in [1.82, 2.24) is 10.6 Å². The summed E-state index contributed by atoms with van der Waals surface area (Å²) in [6, 6.07) is 9.58. The van der Waals surface area contributed by atoms with Gasteiger partial charge < -0.3 is 4.52 Å². The summed E-state index contributed by atoms with van der Waals surface area (Å²) in [5.74, 6) is 0.135. The summed E-state index contributed by atoms with van der Waals surface area (Å²) in [6.45, 7) is 3.71. The molecule has 0 aliphatic rings. The first-order chi connectivity index (χ1) is 8.68. The predicted octanol–water partition coefficient (Wildman–Crippen LogP) is 2.15. The molecule has 0 bridgehead atoms. The fourth-order valence-corrected chi connectivity index (χ4v) is 1.62. The fraction of sp³-hybridized carbons (Fsp3) is 0.231. The average Bonchev–Trinajstić information content (AvgIpc) is 2.70. The third-order valence-electron chi connectivity index (χ3n) is 2.51. The summed E-state index contributed by atoms with van der Waals surface area (Å²) < 4.78 is 4.91. The van der Waals surface area contributed by atoms with Crippen molar-refractivity contribution in [3.63, 3.8) is 0 Å². The molecule has 0 saturated carbocycles. The van der Waals surface area contributed by atoms with Gasteiger partial charge in [-0.05, 0) is 19.4 Å². The van der Waals surface area contributed by atoms with Crippen LogP contribution in [0.15, 0.2) is 34.9 Å². The first kappa shape index (κ1) is 12.3. The van der Waals surface area contributed by atoms with Gasteiger partial charge in [0.05, 0.1) is 12.3 Å². The molecular weight excluding hydrogens is 232 g/mol. The van der Waals surface area contributed by atoms with Gasteiger partial charge in [-0.1, -0.05) is 35.5 Å². The summed E-state index contributed by atoms with van der Waals surface area (Å²) in [6.07, 6.45) is 0. The predicted molar refractivity (Wildman–Crippen MR) is 64.7 cm³/mol. The SMILES string of the molecule is Cc1noc(C)c1C(=O)NOCc1ccccc1. The maximum absolute atomic E-state index is 11.8. The van der Waals surface area contributed by atoms with Crippen LogP contribution in [0.3, 0.4) is 0 Å². The van der Waals surface area contributed by atoms with Gasteiger partial charge in [-0.3, -0.25) is 9.63 Å². The molecule has 0 unspecified atom stereocenters. The number of nitrogens with zero attached hydrogens (tertiary/aromatic N) is 1. The Morgan fingerprint density at radius 1 is 1.33 bits per heavy atom. The van der Waals surface area contributed by atoms with Gasteiger partial charge in [0.15, 0.2) is 0 Å². The molecule has 2 rings (SSSR count). The molecule has 1 N–H and O–H groups in total. The molecule has 18 heavy (non-hydrogen) atoms. The van der Waals surface area contributed by atoms with Crippen LogP contribution in [0.25, 0.3) is 0 Å². The van der Waals surface area contributed by atoms with Crippen LogP contribution in [-0.4, -0.2) is 11.1 Å². The van der Waals surface area contributed by atoms with Crippen molar-refractivity contribution in [3.8, 4) is 0 Å². The van der Waals surface area contributed by atoms with Gasteiger partial charge in [-0.2, -0.15) is 0 Å². The van der Waals surface area contributed by atoms with Crippen LogP contribution in [0, 0.1) is 13.8 Å². The van der Waals surface area contributed by atoms with Crippen LogP contribution in [0.5, 0.6) is 0 Å².